The van der Waals surface area contributed by atoms with Gasteiger partial charge in [-0.15, -0.1) is 0 Å². The van der Waals surface area contributed by atoms with Crippen LogP contribution in [0.1, 0.15) is 0 Å². The Kier molecular flexibility index (Phi) is 7.33. The van der Waals surface area contributed by atoms with Gasteiger partial charge >= 0.3 is 5.97 Å². The van der Waals surface area contributed by atoms with E-state index in [1.807, 2.05) is 0 Å². The molecular formula is C9H18O10. The van der Waals surface area contributed by atoms with Gasteiger partial charge < -0.3 is 46.0 Å². The molecule has 0 aromatic rings. The molecule has 0 aliphatic heterocycles. The average molecular weight is 286 g/mol. The predicted molar refractivity (Wildman–Crippen MR) is 56.8 cm³/mol. The van der Waals surface area contributed by atoms with E-state index in [1.165, 1.54) is 0 Å². The van der Waals surface area contributed by atoms with Gasteiger partial charge in [-0.3, -0.25) is 0 Å². The summed E-state index contributed by atoms with van der Waals surface area (Å²) in [7, 11) is 0. The summed E-state index contributed by atoms with van der Waals surface area (Å²) >= 11 is 0. The van der Waals surface area contributed by atoms with Crippen LogP contribution in [0.3, 0.4) is 0 Å². The number of hydrogen-bond donors (Lipinski definition) is 9. The monoisotopic (exact) mass is 286 g/mol. The third-order valence-corrected chi connectivity index (χ3v) is 2.56. The van der Waals surface area contributed by atoms with Crippen molar-refractivity contribution in [3.63, 3.8) is 0 Å². The summed E-state index contributed by atoms with van der Waals surface area (Å²) < 4.78 is 0. The fourth-order valence-electron chi connectivity index (χ4n) is 1.27. The summed E-state index contributed by atoms with van der Waals surface area (Å²) in [6.07, 6.45) is -15.4. The quantitative estimate of drug-likeness (QED) is 0.207. The van der Waals surface area contributed by atoms with E-state index in [4.69, 9.17) is 20.4 Å². The van der Waals surface area contributed by atoms with Gasteiger partial charge in [0.1, 0.15) is 36.6 Å². The number of aliphatic carboxylic acids is 1. The second-order valence-corrected chi connectivity index (χ2v) is 3.99. The van der Waals surface area contributed by atoms with Crippen LogP contribution >= 0.6 is 0 Å². The van der Waals surface area contributed by atoms with E-state index >= 15 is 0 Å². The smallest absolute Gasteiger partial charge is 0.335 e. The Bertz CT molecular complexity index is 284. The summed E-state index contributed by atoms with van der Waals surface area (Å²) in [5, 5.41) is 81.4. The van der Waals surface area contributed by atoms with Crippen LogP contribution in [0.2, 0.25) is 0 Å². The first-order valence-corrected chi connectivity index (χ1v) is 5.25. The Balaban J connectivity index is 4.71. The molecule has 0 rings (SSSR count). The highest BCUT2D eigenvalue weighted by Crippen LogP contribution is 2.13. The molecule has 19 heavy (non-hydrogen) atoms. The normalized spacial score (nSPS) is 22.9. The molecule has 0 heterocycles. The van der Waals surface area contributed by atoms with Crippen LogP contribution in [0, 0.1) is 0 Å². The third-order valence-electron chi connectivity index (χ3n) is 2.56. The molecule has 114 valence electrons. The van der Waals surface area contributed by atoms with Crippen molar-refractivity contribution in [2.45, 2.75) is 42.7 Å². The average Bonchev–Trinajstić information content (AvgIpc) is 2.40. The van der Waals surface area contributed by atoms with Crippen LogP contribution < -0.4 is 0 Å². The van der Waals surface area contributed by atoms with Crippen molar-refractivity contribution in [3.8, 4) is 0 Å². The van der Waals surface area contributed by atoms with Crippen LogP contribution in [0.25, 0.3) is 0 Å². The van der Waals surface area contributed by atoms with Gasteiger partial charge in [0.2, 0.25) is 0 Å². The molecule has 10 heteroatoms. The summed E-state index contributed by atoms with van der Waals surface area (Å²) in [6.45, 7) is -0.943. The first kappa shape index (κ1) is 18.1. The van der Waals surface area contributed by atoms with E-state index in [9.17, 15) is 30.3 Å². The van der Waals surface area contributed by atoms with Crippen molar-refractivity contribution in [1.29, 1.82) is 0 Å². The topological polar surface area (TPSA) is 199 Å². The number of hydrogen-bond acceptors (Lipinski definition) is 9. The summed E-state index contributed by atoms with van der Waals surface area (Å²) in [5.41, 5.74) is 0. The van der Waals surface area contributed by atoms with Gasteiger partial charge in [-0.2, -0.15) is 0 Å². The summed E-state index contributed by atoms with van der Waals surface area (Å²) in [4.78, 5) is 10.3. The van der Waals surface area contributed by atoms with Crippen molar-refractivity contribution >= 4 is 5.97 Å². The molecule has 0 aliphatic rings. The lowest BCUT2D eigenvalue weighted by Gasteiger charge is -2.31. The second-order valence-electron chi connectivity index (χ2n) is 3.99. The number of carboxylic acid groups (broad SMARTS) is 1. The zero-order valence-corrected chi connectivity index (χ0v) is 9.68. The Hall–Kier alpha value is -0.850. The second kappa shape index (κ2) is 7.67. The maximum Gasteiger partial charge on any atom is 0.335 e. The van der Waals surface area contributed by atoms with E-state index in [1.54, 1.807) is 0 Å². The fourth-order valence-corrected chi connectivity index (χ4v) is 1.27. The summed E-state index contributed by atoms with van der Waals surface area (Å²) in [5.74, 6) is -1.87. The molecule has 0 spiro atoms. The third kappa shape index (κ3) is 4.63. The Morgan fingerprint density at radius 1 is 0.737 bits per heavy atom. The van der Waals surface area contributed by atoms with Gasteiger partial charge in [0, 0.05) is 0 Å². The minimum Gasteiger partial charge on any atom is -0.479 e. The van der Waals surface area contributed by atoms with Crippen LogP contribution in [-0.2, 0) is 4.79 Å². The molecule has 0 fully saturated rings. The number of aliphatic hydroxyl groups excluding tert-OH is 8. The van der Waals surface area contributed by atoms with Gasteiger partial charge in [0.15, 0.2) is 6.10 Å². The Labute approximate surface area is 107 Å². The maximum atomic E-state index is 10.3. The molecule has 0 radical (unpaired) electrons. The van der Waals surface area contributed by atoms with Gasteiger partial charge in [-0.25, -0.2) is 4.79 Å². The summed E-state index contributed by atoms with van der Waals surface area (Å²) in [6, 6.07) is 0. The van der Waals surface area contributed by atoms with Crippen molar-refractivity contribution in [3.05, 3.63) is 0 Å². The van der Waals surface area contributed by atoms with Gasteiger partial charge in [-0.05, 0) is 0 Å². The number of carbonyl (C=O) groups is 1. The molecule has 0 amide bonds. The van der Waals surface area contributed by atoms with Crippen LogP contribution in [0.5, 0.6) is 0 Å². The molecule has 7 atom stereocenters. The molecule has 7 unspecified atom stereocenters. The zero-order chi connectivity index (χ0) is 15.3. The molecular weight excluding hydrogens is 268 g/mol. The molecule has 0 saturated carbocycles. The molecule has 0 aromatic carbocycles. The molecule has 0 aromatic heterocycles. The standard InChI is InChI=1S/C9H18O10/c10-1-2(11)3(12)4(13)5(14)6(15)7(16)8(17)9(18)19/h2-8,10-17H,1H2,(H,18,19). The molecule has 10 nitrogen and oxygen atoms in total. The highest BCUT2D eigenvalue weighted by atomic mass is 16.4. The van der Waals surface area contributed by atoms with Gasteiger partial charge in [-0.1, -0.05) is 0 Å². The number of carboxylic acids is 1. The van der Waals surface area contributed by atoms with Crippen molar-refractivity contribution in [1.82, 2.24) is 0 Å². The SMILES string of the molecule is O=C(O)C(O)C(O)C(O)C(O)C(O)C(O)C(O)CO. The fraction of sp³-hybridized carbons (Fsp3) is 0.889. The van der Waals surface area contributed by atoms with E-state index in [0.29, 0.717) is 0 Å². The van der Waals surface area contributed by atoms with E-state index in [2.05, 4.69) is 0 Å². The predicted octanol–water partition coefficient (Wildman–Crippen LogP) is -5.41. The highest BCUT2D eigenvalue weighted by Gasteiger charge is 2.40. The lowest BCUT2D eigenvalue weighted by molar-refractivity contribution is -0.180. The first-order chi connectivity index (χ1) is 8.64. The van der Waals surface area contributed by atoms with Crippen molar-refractivity contribution in [2.24, 2.45) is 0 Å². The Morgan fingerprint density at radius 3 is 1.47 bits per heavy atom. The van der Waals surface area contributed by atoms with Gasteiger partial charge in [0.05, 0.1) is 6.61 Å². The molecule has 0 bridgehead atoms. The maximum absolute atomic E-state index is 10.3. The van der Waals surface area contributed by atoms with E-state index < -0.39 is 55.3 Å². The van der Waals surface area contributed by atoms with E-state index in [-0.39, 0.29) is 0 Å². The lowest BCUT2D eigenvalue weighted by atomic mass is 9.94. The number of aliphatic hydroxyl groups is 8. The molecule has 0 aliphatic carbocycles. The van der Waals surface area contributed by atoms with Crippen molar-refractivity contribution < 1.29 is 50.8 Å². The number of rotatable bonds is 8. The first-order valence-electron chi connectivity index (χ1n) is 5.25. The largest absolute Gasteiger partial charge is 0.479 e. The van der Waals surface area contributed by atoms with Gasteiger partial charge in [0.25, 0.3) is 0 Å². The van der Waals surface area contributed by atoms with Crippen LogP contribution in [-0.4, -0.2) is 101 Å². The Morgan fingerprint density at radius 2 is 1.11 bits per heavy atom. The van der Waals surface area contributed by atoms with Crippen LogP contribution in [0.4, 0.5) is 0 Å². The molecule has 0 saturated heterocycles. The minimum absolute atomic E-state index is 0.943. The van der Waals surface area contributed by atoms with Crippen LogP contribution in [0.15, 0.2) is 0 Å². The zero-order valence-electron chi connectivity index (χ0n) is 9.68. The minimum atomic E-state index is -2.42. The van der Waals surface area contributed by atoms with Crippen molar-refractivity contribution in [2.75, 3.05) is 6.61 Å². The lowest BCUT2D eigenvalue weighted by Crippen LogP contribution is -2.55. The van der Waals surface area contributed by atoms with E-state index in [0.717, 1.165) is 0 Å². The highest BCUT2D eigenvalue weighted by molar-refractivity contribution is 5.72. The molecule has 9 N–H and O–H groups in total.